The Kier molecular flexibility index (Phi) is 4.24. The third-order valence-corrected chi connectivity index (χ3v) is 3.44. The second-order valence-electron chi connectivity index (χ2n) is 5.00. The van der Waals surface area contributed by atoms with Crippen LogP contribution in [0.25, 0.3) is 0 Å². The fourth-order valence-electron chi connectivity index (χ4n) is 2.29. The Balaban J connectivity index is 2.03. The summed E-state index contributed by atoms with van der Waals surface area (Å²) in [7, 11) is 0. The van der Waals surface area contributed by atoms with Gasteiger partial charge in [-0.2, -0.15) is 0 Å². The molecular formula is C14H18N2O4. The average Bonchev–Trinajstić information content (AvgIpc) is 2.43. The number of anilines is 1. The van der Waals surface area contributed by atoms with Crippen LogP contribution in [0.3, 0.4) is 0 Å². The summed E-state index contributed by atoms with van der Waals surface area (Å²) in [5, 5.41) is 23.9. The van der Waals surface area contributed by atoms with Crippen LogP contribution in [0.4, 0.5) is 5.69 Å². The molecule has 1 heterocycles. The van der Waals surface area contributed by atoms with Crippen molar-refractivity contribution in [3.8, 4) is 0 Å². The minimum absolute atomic E-state index is 0.342. The third-order valence-electron chi connectivity index (χ3n) is 3.44. The van der Waals surface area contributed by atoms with Crippen molar-refractivity contribution in [1.29, 1.82) is 0 Å². The van der Waals surface area contributed by atoms with Gasteiger partial charge in [-0.05, 0) is 25.0 Å². The highest BCUT2D eigenvalue weighted by Gasteiger charge is 2.30. The first-order chi connectivity index (χ1) is 9.49. The lowest BCUT2D eigenvalue weighted by molar-refractivity contribution is -0.145. The van der Waals surface area contributed by atoms with Crippen LogP contribution >= 0.6 is 0 Å². The molecule has 108 valence electrons. The Morgan fingerprint density at radius 2 is 2.10 bits per heavy atom. The zero-order valence-corrected chi connectivity index (χ0v) is 11.2. The molecule has 1 aromatic carbocycles. The molecule has 6 nitrogen and oxygen atoms in total. The molecule has 1 aromatic rings. The van der Waals surface area contributed by atoms with Crippen molar-refractivity contribution >= 4 is 17.6 Å². The summed E-state index contributed by atoms with van der Waals surface area (Å²) in [4.78, 5) is 23.1. The van der Waals surface area contributed by atoms with Gasteiger partial charge in [0.2, 0.25) is 5.91 Å². The Bertz CT molecular complexity index is 516. The summed E-state index contributed by atoms with van der Waals surface area (Å²) in [5.74, 6) is -1.94. The van der Waals surface area contributed by atoms with Gasteiger partial charge in [-0.25, -0.2) is 4.79 Å². The van der Waals surface area contributed by atoms with Crippen LogP contribution in [0, 0.1) is 5.92 Å². The molecule has 0 saturated heterocycles. The van der Waals surface area contributed by atoms with Crippen LogP contribution in [0.1, 0.15) is 12.5 Å². The summed E-state index contributed by atoms with van der Waals surface area (Å²) >= 11 is 0. The van der Waals surface area contributed by atoms with Crippen molar-refractivity contribution in [3.05, 3.63) is 29.8 Å². The molecule has 0 radical (unpaired) electrons. The lowest BCUT2D eigenvalue weighted by atomic mass is 9.93. The van der Waals surface area contributed by atoms with Gasteiger partial charge in [0, 0.05) is 12.2 Å². The van der Waals surface area contributed by atoms with Crippen molar-refractivity contribution < 1.29 is 19.8 Å². The molecule has 0 spiro atoms. The van der Waals surface area contributed by atoms with Gasteiger partial charge in [0.25, 0.3) is 0 Å². The lowest BCUT2D eigenvalue weighted by Crippen LogP contribution is -2.51. The Morgan fingerprint density at radius 1 is 1.40 bits per heavy atom. The molecular weight excluding hydrogens is 260 g/mol. The van der Waals surface area contributed by atoms with E-state index >= 15 is 0 Å². The minimum Gasteiger partial charge on any atom is -0.480 e. The van der Waals surface area contributed by atoms with E-state index in [9.17, 15) is 14.7 Å². The lowest BCUT2D eigenvalue weighted by Gasteiger charge is -2.27. The van der Waals surface area contributed by atoms with E-state index in [1.807, 2.05) is 24.3 Å². The summed E-state index contributed by atoms with van der Waals surface area (Å²) in [6, 6.07) is 6.42. The first kappa shape index (κ1) is 14.3. The number of amides is 1. The Morgan fingerprint density at radius 3 is 2.75 bits per heavy atom. The number of carbonyl (C=O) groups excluding carboxylic acids is 1. The highest BCUT2D eigenvalue weighted by molar-refractivity contribution is 5.86. The number of carbonyl (C=O) groups is 2. The first-order valence-electron chi connectivity index (χ1n) is 6.52. The maximum atomic E-state index is 12.1. The van der Waals surface area contributed by atoms with Crippen LogP contribution in [-0.4, -0.2) is 40.8 Å². The van der Waals surface area contributed by atoms with Crippen LogP contribution in [-0.2, 0) is 16.0 Å². The molecule has 1 aliphatic heterocycles. The maximum absolute atomic E-state index is 12.1. The zero-order chi connectivity index (χ0) is 14.7. The number of para-hydroxylation sites is 1. The summed E-state index contributed by atoms with van der Waals surface area (Å²) < 4.78 is 0. The molecule has 0 bridgehead atoms. The number of aliphatic carboxylic acids is 1. The number of hydrogen-bond acceptors (Lipinski definition) is 4. The number of nitrogens with one attached hydrogen (secondary N) is 2. The van der Waals surface area contributed by atoms with Crippen molar-refractivity contribution in [3.63, 3.8) is 0 Å². The van der Waals surface area contributed by atoms with Gasteiger partial charge >= 0.3 is 5.97 Å². The summed E-state index contributed by atoms with van der Waals surface area (Å²) in [6.07, 6.45) is -0.582. The van der Waals surface area contributed by atoms with Gasteiger partial charge in [-0.3, -0.25) is 4.79 Å². The topological polar surface area (TPSA) is 98.7 Å². The van der Waals surface area contributed by atoms with E-state index in [0.717, 1.165) is 11.3 Å². The normalized spacial score (nSPS) is 20.2. The van der Waals surface area contributed by atoms with Crippen molar-refractivity contribution in [2.45, 2.75) is 25.5 Å². The Hall–Kier alpha value is -2.08. The monoisotopic (exact) mass is 278 g/mol. The number of carboxylic acids is 1. The summed E-state index contributed by atoms with van der Waals surface area (Å²) in [5.41, 5.74) is 2.03. The SMILES string of the molecule is C[C@@H](O)[C@H](NC(=O)C1CNc2ccccc2C1)C(=O)O. The number of hydrogen-bond donors (Lipinski definition) is 4. The van der Waals surface area contributed by atoms with Crippen molar-refractivity contribution in [2.24, 2.45) is 5.92 Å². The number of aliphatic hydroxyl groups excluding tert-OH is 1. The highest BCUT2D eigenvalue weighted by atomic mass is 16.4. The molecule has 0 aromatic heterocycles. The van der Waals surface area contributed by atoms with E-state index in [-0.39, 0.29) is 11.8 Å². The molecule has 1 amide bonds. The van der Waals surface area contributed by atoms with E-state index in [1.165, 1.54) is 6.92 Å². The molecule has 0 aliphatic carbocycles. The van der Waals surface area contributed by atoms with Gasteiger partial charge in [-0.15, -0.1) is 0 Å². The van der Waals surface area contributed by atoms with Crippen LogP contribution in [0.5, 0.6) is 0 Å². The number of fused-ring (bicyclic) bond motifs is 1. The second kappa shape index (κ2) is 5.92. The fraction of sp³-hybridized carbons (Fsp3) is 0.429. The number of rotatable bonds is 4. The zero-order valence-electron chi connectivity index (χ0n) is 11.2. The van der Waals surface area contributed by atoms with Gasteiger partial charge in [0.1, 0.15) is 0 Å². The predicted octanol–water partition coefficient (Wildman–Crippen LogP) is 0.221. The highest BCUT2D eigenvalue weighted by Crippen LogP contribution is 2.24. The fourth-order valence-corrected chi connectivity index (χ4v) is 2.29. The largest absolute Gasteiger partial charge is 0.480 e. The Labute approximate surface area is 116 Å². The number of aliphatic hydroxyl groups is 1. The summed E-state index contributed by atoms with van der Waals surface area (Å²) in [6.45, 7) is 1.79. The van der Waals surface area contributed by atoms with Gasteiger partial charge < -0.3 is 20.8 Å². The van der Waals surface area contributed by atoms with Crippen molar-refractivity contribution in [1.82, 2.24) is 5.32 Å². The molecule has 0 saturated carbocycles. The molecule has 20 heavy (non-hydrogen) atoms. The van der Waals surface area contributed by atoms with E-state index in [1.54, 1.807) is 0 Å². The quantitative estimate of drug-likeness (QED) is 0.631. The third kappa shape index (κ3) is 3.08. The van der Waals surface area contributed by atoms with E-state index in [2.05, 4.69) is 10.6 Å². The smallest absolute Gasteiger partial charge is 0.328 e. The predicted molar refractivity (Wildman–Crippen MR) is 73.4 cm³/mol. The minimum atomic E-state index is -1.28. The van der Waals surface area contributed by atoms with Crippen molar-refractivity contribution in [2.75, 3.05) is 11.9 Å². The van der Waals surface area contributed by atoms with E-state index in [0.29, 0.717) is 13.0 Å². The molecule has 1 unspecified atom stereocenters. The average molecular weight is 278 g/mol. The number of benzene rings is 1. The molecule has 2 rings (SSSR count). The molecule has 0 fully saturated rings. The number of carboxylic acid groups (broad SMARTS) is 1. The molecule has 6 heteroatoms. The molecule has 4 N–H and O–H groups in total. The van der Waals surface area contributed by atoms with Gasteiger partial charge in [-0.1, -0.05) is 18.2 Å². The van der Waals surface area contributed by atoms with E-state index in [4.69, 9.17) is 5.11 Å². The standard InChI is InChI=1S/C14H18N2O4/c1-8(17)12(14(19)20)16-13(18)10-6-9-4-2-3-5-11(9)15-7-10/h2-5,8,10,12,15,17H,6-7H2,1H3,(H,16,18)(H,19,20)/t8-,10?,12+/m1/s1. The van der Waals surface area contributed by atoms with Crippen LogP contribution < -0.4 is 10.6 Å². The molecule has 1 aliphatic rings. The van der Waals surface area contributed by atoms with E-state index < -0.39 is 18.1 Å². The van der Waals surface area contributed by atoms with Crippen LogP contribution in [0.2, 0.25) is 0 Å². The maximum Gasteiger partial charge on any atom is 0.328 e. The first-order valence-corrected chi connectivity index (χ1v) is 6.52. The van der Waals surface area contributed by atoms with Gasteiger partial charge in [0.05, 0.1) is 12.0 Å². The molecule has 3 atom stereocenters. The van der Waals surface area contributed by atoms with Crippen LogP contribution in [0.15, 0.2) is 24.3 Å². The second-order valence-corrected chi connectivity index (χ2v) is 5.00. The van der Waals surface area contributed by atoms with Gasteiger partial charge in [0.15, 0.2) is 6.04 Å².